The van der Waals surface area contributed by atoms with Gasteiger partial charge in [-0.3, -0.25) is 15.0 Å². The lowest BCUT2D eigenvalue weighted by Gasteiger charge is -2.30. The van der Waals surface area contributed by atoms with Crippen LogP contribution in [0.15, 0.2) is 24.3 Å². The summed E-state index contributed by atoms with van der Waals surface area (Å²) in [6.07, 6.45) is 1.12. The van der Waals surface area contributed by atoms with Crippen LogP contribution in [0.4, 0.5) is 0 Å². The highest BCUT2D eigenvalue weighted by atomic mass is 16.2. The van der Waals surface area contributed by atoms with Gasteiger partial charge in [0.2, 0.25) is 11.8 Å². The SMILES string of the molecule is O=C1CC(C(=O)N2CCc3ccccc3C2)NN1. The van der Waals surface area contributed by atoms with Crippen LogP contribution in [0.25, 0.3) is 0 Å². The number of benzene rings is 1. The van der Waals surface area contributed by atoms with E-state index < -0.39 is 6.04 Å². The molecule has 0 radical (unpaired) electrons. The van der Waals surface area contributed by atoms with Crippen molar-refractivity contribution in [2.75, 3.05) is 6.54 Å². The summed E-state index contributed by atoms with van der Waals surface area (Å²) in [5.74, 6) is -0.117. The van der Waals surface area contributed by atoms with Crippen molar-refractivity contribution < 1.29 is 9.59 Å². The molecule has 2 N–H and O–H groups in total. The molecule has 2 heterocycles. The quantitative estimate of drug-likeness (QED) is 0.730. The van der Waals surface area contributed by atoms with Crippen molar-refractivity contribution in [1.29, 1.82) is 0 Å². The number of amides is 2. The second kappa shape index (κ2) is 4.42. The lowest BCUT2D eigenvalue weighted by molar-refractivity contribution is -0.134. The van der Waals surface area contributed by atoms with E-state index in [2.05, 4.69) is 23.0 Å². The van der Waals surface area contributed by atoms with Crippen molar-refractivity contribution >= 4 is 11.8 Å². The first-order valence-corrected chi connectivity index (χ1v) is 6.14. The summed E-state index contributed by atoms with van der Waals surface area (Å²) in [4.78, 5) is 25.1. The molecule has 5 nitrogen and oxygen atoms in total. The van der Waals surface area contributed by atoms with Gasteiger partial charge in [0.1, 0.15) is 6.04 Å². The zero-order chi connectivity index (χ0) is 12.5. The second-order valence-electron chi connectivity index (χ2n) is 4.73. The van der Waals surface area contributed by atoms with Crippen LogP contribution in [0.5, 0.6) is 0 Å². The van der Waals surface area contributed by atoms with E-state index in [0.29, 0.717) is 6.54 Å². The number of nitrogens with one attached hydrogen (secondary N) is 2. The van der Waals surface area contributed by atoms with Crippen molar-refractivity contribution in [3.8, 4) is 0 Å². The van der Waals surface area contributed by atoms with Crippen molar-refractivity contribution in [2.45, 2.75) is 25.4 Å². The number of nitrogens with zero attached hydrogens (tertiary/aromatic N) is 1. The van der Waals surface area contributed by atoms with Gasteiger partial charge in [0.15, 0.2) is 0 Å². The third-order valence-electron chi connectivity index (χ3n) is 3.52. The Hall–Kier alpha value is -1.88. The second-order valence-corrected chi connectivity index (χ2v) is 4.73. The minimum atomic E-state index is -0.414. The minimum absolute atomic E-state index is 0.00264. The van der Waals surface area contributed by atoms with Gasteiger partial charge in [0.05, 0.1) is 6.42 Å². The molecule has 0 saturated carbocycles. The topological polar surface area (TPSA) is 61.4 Å². The normalized spacial score (nSPS) is 22.6. The van der Waals surface area contributed by atoms with E-state index in [4.69, 9.17) is 0 Å². The van der Waals surface area contributed by atoms with Gasteiger partial charge in [-0.2, -0.15) is 0 Å². The molecule has 1 aromatic rings. The third-order valence-corrected chi connectivity index (χ3v) is 3.52. The van der Waals surface area contributed by atoms with Crippen LogP contribution < -0.4 is 10.9 Å². The molecule has 0 aromatic heterocycles. The summed E-state index contributed by atoms with van der Waals surface area (Å²) >= 11 is 0. The smallest absolute Gasteiger partial charge is 0.242 e. The standard InChI is InChI=1S/C13H15N3O2/c17-12-7-11(14-15-12)13(18)16-6-5-9-3-1-2-4-10(9)8-16/h1-4,11,14H,5-8H2,(H,15,17). The predicted molar refractivity (Wildman–Crippen MR) is 65.2 cm³/mol. The van der Waals surface area contributed by atoms with E-state index in [0.717, 1.165) is 13.0 Å². The molecule has 18 heavy (non-hydrogen) atoms. The van der Waals surface area contributed by atoms with Crippen molar-refractivity contribution in [3.63, 3.8) is 0 Å². The van der Waals surface area contributed by atoms with Crippen LogP contribution in [0.3, 0.4) is 0 Å². The van der Waals surface area contributed by atoms with E-state index in [-0.39, 0.29) is 18.2 Å². The number of carbonyl (C=O) groups is 2. The van der Waals surface area contributed by atoms with Gasteiger partial charge in [0.25, 0.3) is 0 Å². The van der Waals surface area contributed by atoms with Crippen LogP contribution >= 0.6 is 0 Å². The average molecular weight is 245 g/mol. The zero-order valence-electron chi connectivity index (χ0n) is 9.98. The van der Waals surface area contributed by atoms with E-state index in [1.807, 2.05) is 17.0 Å². The maximum Gasteiger partial charge on any atom is 0.242 e. The Morgan fingerprint density at radius 3 is 2.78 bits per heavy atom. The molecular weight excluding hydrogens is 230 g/mol. The van der Waals surface area contributed by atoms with Gasteiger partial charge >= 0.3 is 0 Å². The molecule has 94 valence electrons. The lowest BCUT2D eigenvalue weighted by Crippen LogP contribution is -2.47. The predicted octanol–water partition coefficient (Wildman–Crippen LogP) is -0.0356. The molecule has 2 amide bonds. The molecular formula is C13H15N3O2. The number of hydrazine groups is 1. The summed E-state index contributed by atoms with van der Waals surface area (Å²) in [5.41, 5.74) is 7.73. The van der Waals surface area contributed by atoms with E-state index in [1.165, 1.54) is 11.1 Å². The number of hydrogen-bond donors (Lipinski definition) is 2. The minimum Gasteiger partial charge on any atom is -0.337 e. The number of fused-ring (bicyclic) bond motifs is 1. The summed E-state index contributed by atoms with van der Waals surface area (Å²) in [5, 5.41) is 0. The van der Waals surface area contributed by atoms with Crippen LogP contribution in [0.2, 0.25) is 0 Å². The Morgan fingerprint density at radius 2 is 2.06 bits per heavy atom. The Kier molecular flexibility index (Phi) is 2.76. The highest BCUT2D eigenvalue weighted by molar-refractivity contribution is 5.90. The molecule has 1 saturated heterocycles. The number of rotatable bonds is 1. The lowest BCUT2D eigenvalue weighted by atomic mass is 9.99. The molecule has 3 rings (SSSR count). The van der Waals surface area contributed by atoms with Crippen LogP contribution in [0.1, 0.15) is 17.5 Å². The van der Waals surface area contributed by atoms with Gasteiger partial charge in [-0.1, -0.05) is 24.3 Å². The molecule has 1 atom stereocenters. The number of hydrogen-bond acceptors (Lipinski definition) is 3. The zero-order valence-corrected chi connectivity index (χ0v) is 9.98. The van der Waals surface area contributed by atoms with E-state index in [1.54, 1.807) is 0 Å². The van der Waals surface area contributed by atoms with Gasteiger partial charge in [0, 0.05) is 13.1 Å². The summed E-state index contributed by atoms with van der Waals surface area (Å²) in [6, 6.07) is 7.77. The van der Waals surface area contributed by atoms with Crippen molar-refractivity contribution in [3.05, 3.63) is 35.4 Å². The monoisotopic (exact) mass is 245 g/mol. The van der Waals surface area contributed by atoms with Gasteiger partial charge in [-0.05, 0) is 17.5 Å². The molecule has 5 heteroatoms. The fraction of sp³-hybridized carbons (Fsp3) is 0.385. The number of carbonyl (C=O) groups excluding carboxylic acids is 2. The molecule has 0 aliphatic carbocycles. The summed E-state index contributed by atoms with van der Waals surface area (Å²) in [6.45, 7) is 1.36. The Morgan fingerprint density at radius 1 is 1.28 bits per heavy atom. The van der Waals surface area contributed by atoms with Crippen molar-refractivity contribution in [1.82, 2.24) is 15.8 Å². The first-order chi connectivity index (χ1) is 8.74. The maximum atomic E-state index is 12.2. The fourth-order valence-electron chi connectivity index (χ4n) is 2.51. The first kappa shape index (κ1) is 11.2. The molecule has 0 spiro atoms. The maximum absolute atomic E-state index is 12.2. The molecule has 1 fully saturated rings. The third kappa shape index (κ3) is 1.97. The van der Waals surface area contributed by atoms with Crippen LogP contribution in [0, 0.1) is 0 Å². The van der Waals surface area contributed by atoms with Crippen molar-refractivity contribution in [2.24, 2.45) is 0 Å². The molecule has 2 aliphatic rings. The molecule has 0 bridgehead atoms. The van der Waals surface area contributed by atoms with Crippen LogP contribution in [-0.4, -0.2) is 29.3 Å². The Labute approximate surface area is 105 Å². The largest absolute Gasteiger partial charge is 0.337 e. The molecule has 2 aliphatic heterocycles. The fourth-order valence-corrected chi connectivity index (χ4v) is 2.51. The van der Waals surface area contributed by atoms with Gasteiger partial charge in [-0.25, -0.2) is 5.43 Å². The molecule has 1 aromatic carbocycles. The Balaban J connectivity index is 1.72. The Bertz CT molecular complexity index is 501. The first-order valence-electron chi connectivity index (χ1n) is 6.14. The summed E-state index contributed by atoms with van der Waals surface area (Å²) < 4.78 is 0. The van der Waals surface area contributed by atoms with Gasteiger partial charge in [-0.15, -0.1) is 0 Å². The highest BCUT2D eigenvalue weighted by Gasteiger charge is 2.32. The van der Waals surface area contributed by atoms with Crippen LogP contribution in [-0.2, 0) is 22.6 Å². The average Bonchev–Trinajstić information content (AvgIpc) is 2.84. The summed E-state index contributed by atoms with van der Waals surface area (Å²) in [7, 11) is 0. The van der Waals surface area contributed by atoms with E-state index >= 15 is 0 Å². The van der Waals surface area contributed by atoms with E-state index in [9.17, 15) is 9.59 Å². The molecule has 1 unspecified atom stereocenters. The highest BCUT2D eigenvalue weighted by Crippen LogP contribution is 2.19. The van der Waals surface area contributed by atoms with Gasteiger partial charge < -0.3 is 4.90 Å².